The van der Waals surface area contributed by atoms with E-state index < -0.39 is 0 Å². The summed E-state index contributed by atoms with van der Waals surface area (Å²) in [7, 11) is 1.60. The van der Waals surface area contributed by atoms with Gasteiger partial charge in [0.2, 0.25) is 11.0 Å². The Morgan fingerprint density at radius 2 is 1.77 bits per heavy atom. The lowest BCUT2D eigenvalue weighted by atomic mass is 10.2. The van der Waals surface area contributed by atoms with E-state index in [1.165, 1.54) is 0 Å². The molecule has 0 aliphatic carbocycles. The van der Waals surface area contributed by atoms with E-state index in [4.69, 9.17) is 9.15 Å². The molecule has 1 heterocycles. The molecule has 3 aromatic rings. The molecular weight excluding hydrogens is 300 g/mol. The first-order valence-corrected chi connectivity index (χ1v) is 7.33. The summed E-state index contributed by atoms with van der Waals surface area (Å²) in [4.78, 5) is 12.1. The average Bonchev–Trinajstić information content (AvgIpc) is 3.04. The van der Waals surface area contributed by atoms with E-state index >= 15 is 0 Å². The maximum atomic E-state index is 12.1. The molecule has 0 fully saturated rings. The van der Waals surface area contributed by atoms with Crippen LogP contribution in [0.4, 0.5) is 0 Å². The predicted octanol–water partition coefficient (Wildman–Crippen LogP) is 3.68. The lowest BCUT2D eigenvalue weighted by Gasteiger charge is -1.99. The number of thioether (sulfide) groups is 1. The van der Waals surface area contributed by atoms with Gasteiger partial charge in [-0.2, -0.15) is 0 Å². The van der Waals surface area contributed by atoms with Crippen LogP contribution < -0.4 is 4.74 Å². The third kappa shape index (κ3) is 3.17. The van der Waals surface area contributed by atoms with Gasteiger partial charge in [-0.1, -0.05) is 30.3 Å². The summed E-state index contributed by atoms with van der Waals surface area (Å²) in [5.74, 6) is 1.11. The minimum Gasteiger partial charge on any atom is -0.497 e. The van der Waals surface area contributed by atoms with Gasteiger partial charge in [0, 0.05) is 22.9 Å². The smallest absolute Gasteiger partial charge is 0.284 e. The van der Waals surface area contributed by atoms with Crippen molar-refractivity contribution in [3.63, 3.8) is 0 Å². The highest BCUT2D eigenvalue weighted by atomic mass is 32.2. The van der Waals surface area contributed by atoms with Gasteiger partial charge in [0.25, 0.3) is 5.22 Å². The van der Waals surface area contributed by atoms with Crippen LogP contribution in [0, 0.1) is 0 Å². The molecule has 0 saturated heterocycles. The van der Waals surface area contributed by atoms with Crippen LogP contribution in [-0.4, -0.2) is 22.4 Å². The Morgan fingerprint density at radius 1 is 1.05 bits per heavy atom. The molecule has 0 bridgehead atoms. The van der Waals surface area contributed by atoms with Crippen LogP contribution >= 0.6 is 11.8 Å². The van der Waals surface area contributed by atoms with Gasteiger partial charge in [0.05, 0.1) is 7.11 Å². The fraction of sp³-hybridized carbons (Fsp3) is 0.0625. The third-order valence-electron chi connectivity index (χ3n) is 2.93. The van der Waals surface area contributed by atoms with Gasteiger partial charge in [-0.3, -0.25) is 4.79 Å². The van der Waals surface area contributed by atoms with E-state index in [1.807, 2.05) is 42.5 Å². The van der Waals surface area contributed by atoms with Crippen molar-refractivity contribution < 1.29 is 13.9 Å². The number of methoxy groups -OCH3 is 1. The molecule has 0 radical (unpaired) electrons. The molecule has 0 unspecified atom stereocenters. The highest BCUT2D eigenvalue weighted by Gasteiger charge is 2.14. The number of rotatable bonds is 4. The molecule has 0 atom stereocenters. The largest absolute Gasteiger partial charge is 0.497 e. The first kappa shape index (κ1) is 14.3. The molecule has 5 nitrogen and oxygen atoms in total. The lowest BCUT2D eigenvalue weighted by Crippen LogP contribution is -1.92. The highest BCUT2D eigenvalue weighted by molar-refractivity contribution is 8.14. The zero-order valence-electron chi connectivity index (χ0n) is 11.7. The van der Waals surface area contributed by atoms with Crippen LogP contribution in [0.15, 0.2) is 64.2 Å². The molecule has 0 aliphatic rings. The Labute approximate surface area is 131 Å². The van der Waals surface area contributed by atoms with Crippen LogP contribution in [0.2, 0.25) is 0 Å². The van der Waals surface area contributed by atoms with Gasteiger partial charge in [0.1, 0.15) is 5.75 Å². The maximum Gasteiger partial charge on any atom is 0.284 e. The van der Waals surface area contributed by atoms with E-state index in [0.29, 0.717) is 11.5 Å². The highest BCUT2D eigenvalue weighted by Crippen LogP contribution is 2.26. The maximum absolute atomic E-state index is 12.1. The van der Waals surface area contributed by atoms with E-state index in [9.17, 15) is 4.79 Å². The fourth-order valence-electron chi connectivity index (χ4n) is 1.81. The van der Waals surface area contributed by atoms with Gasteiger partial charge < -0.3 is 9.15 Å². The normalized spacial score (nSPS) is 10.4. The number of carbonyl (C=O) groups excluding carboxylic acids is 1. The Morgan fingerprint density at radius 3 is 2.45 bits per heavy atom. The molecular formula is C16H12N2O3S. The first-order chi connectivity index (χ1) is 10.8. The molecule has 0 amide bonds. The van der Waals surface area contributed by atoms with Crippen LogP contribution in [0.3, 0.4) is 0 Å². The topological polar surface area (TPSA) is 65.2 Å². The number of aromatic nitrogens is 2. The van der Waals surface area contributed by atoms with Crippen molar-refractivity contribution in [1.29, 1.82) is 0 Å². The number of ether oxygens (including phenoxy) is 1. The number of hydrogen-bond donors (Lipinski definition) is 0. The zero-order chi connectivity index (χ0) is 15.4. The predicted molar refractivity (Wildman–Crippen MR) is 82.9 cm³/mol. The summed E-state index contributed by atoms with van der Waals surface area (Å²) in [6.45, 7) is 0. The number of carbonyl (C=O) groups is 1. The van der Waals surface area contributed by atoms with Crippen molar-refractivity contribution in [3.05, 3.63) is 60.2 Å². The summed E-state index contributed by atoms with van der Waals surface area (Å²) in [5.41, 5.74) is 1.36. The summed E-state index contributed by atoms with van der Waals surface area (Å²) < 4.78 is 10.6. The van der Waals surface area contributed by atoms with E-state index in [-0.39, 0.29) is 10.3 Å². The second kappa shape index (κ2) is 6.44. The molecule has 0 spiro atoms. The van der Waals surface area contributed by atoms with Crippen molar-refractivity contribution in [2.24, 2.45) is 0 Å². The molecule has 110 valence electrons. The average molecular weight is 312 g/mol. The van der Waals surface area contributed by atoms with Gasteiger partial charge in [0.15, 0.2) is 0 Å². The molecule has 0 saturated carbocycles. The molecule has 3 rings (SSSR count). The molecule has 2 aromatic carbocycles. The summed E-state index contributed by atoms with van der Waals surface area (Å²) in [6.07, 6.45) is 0. The Hall–Kier alpha value is -2.60. The van der Waals surface area contributed by atoms with Crippen molar-refractivity contribution in [3.8, 4) is 17.2 Å². The van der Waals surface area contributed by atoms with E-state index in [2.05, 4.69) is 10.2 Å². The van der Waals surface area contributed by atoms with Crippen molar-refractivity contribution in [2.45, 2.75) is 5.22 Å². The number of benzene rings is 2. The van der Waals surface area contributed by atoms with Crippen LogP contribution in [0.5, 0.6) is 5.75 Å². The number of hydrogen-bond acceptors (Lipinski definition) is 6. The standard InChI is InChI=1S/C16H12N2O3S/c1-20-13-9-7-11(8-10-13)14-17-18-16(21-14)22-15(19)12-5-3-2-4-6-12/h2-10H,1H3. The quantitative estimate of drug-likeness (QED) is 0.685. The van der Waals surface area contributed by atoms with Crippen molar-refractivity contribution in [1.82, 2.24) is 10.2 Å². The zero-order valence-corrected chi connectivity index (χ0v) is 12.5. The van der Waals surface area contributed by atoms with Gasteiger partial charge in [-0.05, 0) is 24.3 Å². The second-order valence-electron chi connectivity index (χ2n) is 4.36. The van der Waals surface area contributed by atoms with Gasteiger partial charge in [-0.15, -0.1) is 10.2 Å². The van der Waals surface area contributed by atoms with Crippen LogP contribution in [-0.2, 0) is 0 Å². The van der Waals surface area contributed by atoms with E-state index in [1.54, 1.807) is 19.2 Å². The molecule has 22 heavy (non-hydrogen) atoms. The Kier molecular flexibility index (Phi) is 4.20. The summed E-state index contributed by atoms with van der Waals surface area (Å²) in [5, 5.41) is 7.94. The third-order valence-corrected chi connectivity index (χ3v) is 3.69. The van der Waals surface area contributed by atoms with Crippen LogP contribution in [0.25, 0.3) is 11.5 Å². The molecule has 1 aromatic heterocycles. The first-order valence-electron chi connectivity index (χ1n) is 6.51. The SMILES string of the molecule is COc1ccc(-c2nnc(SC(=O)c3ccccc3)o2)cc1. The second-order valence-corrected chi connectivity index (χ2v) is 5.28. The van der Waals surface area contributed by atoms with Crippen molar-refractivity contribution in [2.75, 3.05) is 7.11 Å². The Balaban J connectivity index is 1.74. The number of nitrogens with zero attached hydrogens (tertiary/aromatic N) is 2. The molecule has 6 heteroatoms. The monoisotopic (exact) mass is 312 g/mol. The lowest BCUT2D eigenvalue weighted by molar-refractivity contribution is 0.108. The van der Waals surface area contributed by atoms with Crippen molar-refractivity contribution >= 4 is 16.9 Å². The molecule has 0 aliphatic heterocycles. The summed E-state index contributed by atoms with van der Waals surface area (Å²) in [6, 6.07) is 16.2. The van der Waals surface area contributed by atoms with Crippen LogP contribution in [0.1, 0.15) is 10.4 Å². The van der Waals surface area contributed by atoms with E-state index in [0.717, 1.165) is 23.1 Å². The Bertz CT molecular complexity index is 770. The summed E-state index contributed by atoms with van der Waals surface area (Å²) >= 11 is 0.916. The fourth-order valence-corrected chi connectivity index (χ4v) is 2.43. The van der Waals surface area contributed by atoms with Gasteiger partial charge in [-0.25, -0.2) is 0 Å². The van der Waals surface area contributed by atoms with Gasteiger partial charge >= 0.3 is 0 Å². The molecule has 0 N–H and O–H groups in total. The minimum atomic E-state index is -0.134. The minimum absolute atomic E-state index is 0.134.